The van der Waals surface area contributed by atoms with E-state index in [9.17, 15) is 4.79 Å². The second kappa shape index (κ2) is 7.15. The molecule has 1 amide bonds. The maximum absolute atomic E-state index is 13.1. The Hall–Kier alpha value is -1.85. The zero-order chi connectivity index (χ0) is 15.7. The Morgan fingerprint density at radius 2 is 2.13 bits per heavy atom. The number of aryl methyl sites for hydroxylation is 3. The molecule has 1 aliphatic rings. The van der Waals surface area contributed by atoms with E-state index in [-0.39, 0.29) is 24.4 Å². The zero-order valence-electron chi connectivity index (χ0n) is 13.7. The van der Waals surface area contributed by atoms with Crippen LogP contribution in [0.15, 0.2) is 30.6 Å². The predicted octanol–water partition coefficient (Wildman–Crippen LogP) is 2.25. The van der Waals surface area contributed by atoms with Crippen LogP contribution >= 0.6 is 12.4 Å². The number of piperazine rings is 1. The van der Waals surface area contributed by atoms with Crippen molar-refractivity contribution >= 4 is 18.3 Å². The molecular weight excluding hydrogens is 312 g/mol. The molecule has 3 rings (SSSR count). The molecule has 5 nitrogen and oxygen atoms in total. The first-order valence-electron chi connectivity index (χ1n) is 7.64. The first-order valence-corrected chi connectivity index (χ1v) is 7.64. The van der Waals surface area contributed by atoms with Crippen molar-refractivity contribution in [2.75, 3.05) is 19.6 Å². The SMILES string of the molecule is Cc1ccc(C)c(C(=O)N2CCNCC2c2nccn2C)c1.Cl. The summed E-state index contributed by atoms with van der Waals surface area (Å²) in [6.07, 6.45) is 3.70. The van der Waals surface area contributed by atoms with Crippen molar-refractivity contribution in [2.45, 2.75) is 19.9 Å². The van der Waals surface area contributed by atoms with E-state index >= 15 is 0 Å². The number of hydrogen-bond acceptors (Lipinski definition) is 3. The van der Waals surface area contributed by atoms with Crippen molar-refractivity contribution < 1.29 is 4.79 Å². The molecule has 1 N–H and O–H groups in total. The number of carbonyl (C=O) groups is 1. The van der Waals surface area contributed by atoms with Crippen LogP contribution in [0.5, 0.6) is 0 Å². The number of nitrogens with one attached hydrogen (secondary N) is 1. The lowest BCUT2D eigenvalue weighted by molar-refractivity contribution is 0.0620. The third kappa shape index (κ3) is 3.41. The molecule has 0 aliphatic carbocycles. The summed E-state index contributed by atoms with van der Waals surface area (Å²) < 4.78 is 1.99. The summed E-state index contributed by atoms with van der Waals surface area (Å²) in [4.78, 5) is 19.4. The van der Waals surface area contributed by atoms with Crippen molar-refractivity contribution in [1.29, 1.82) is 0 Å². The third-order valence-electron chi connectivity index (χ3n) is 4.28. The minimum Gasteiger partial charge on any atom is -0.336 e. The molecule has 124 valence electrons. The van der Waals surface area contributed by atoms with Crippen LogP contribution in [0, 0.1) is 13.8 Å². The largest absolute Gasteiger partial charge is 0.336 e. The molecule has 1 aromatic heterocycles. The third-order valence-corrected chi connectivity index (χ3v) is 4.28. The lowest BCUT2D eigenvalue weighted by Gasteiger charge is -2.36. The number of hydrogen-bond donors (Lipinski definition) is 1. The lowest BCUT2D eigenvalue weighted by atomic mass is 10.0. The molecule has 1 unspecified atom stereocenters. The Bertz CT molecular complexity index is 698. The van der Waals surface area contributed by atoms with Crippen LogP contribution in [0.25, 0.3) is 0 Å². The summed E-state index contributed by atoms with van der Waals surface area (Å²) >= 11 is 0. The normalized spacial score (nSPS) is 17.7. The number of aromatic nitrogens is 2. The first kappa shape index (κ1) is 17.5. The molecule has 0 saturated carbocycles. The Morgan fingerprint density at radius 1 is 1.35 bits per heavy atom. The van der Waals surface area contributed by atoms with Crippen LogP contribution in [0.1, 0.15) is 33.4 Å². The first-order chi connectivity index (χ1) is 10.6. The van der Waals surface area contributed by atoms with Crippen LogP contribution < -0.4 is 5.32 Å². The van der Waals surface area contributed by atoms with Gasteiger partial charge in [-0.05, 0) is 25.5 Å². The number of halogens is 1. The molecule has 1 saturated heterocycles. The highest BCUT2D eigenvalue weighted by molar-refractivity contribution is 5.96. The van der Waals surface area contributed by atoms with E-state index in [0.717, 1.165) is 35.6 Å². The molecule has 6 heteroatoms. The Balaban J connectivity index is 0.00000192. The van der Waals surface area contributed by atoms with Gasteiger partial charge in [-0.25, -0.2) is 4.98 Å². The molecule has 1 fully saturated rings. The van der Waals surface area contributed by atoms with E-state index in [1.165, 1.54) is 0 Å². The Morgan fingerprint density at radius 3 is 2.83 bits per heavy atom. The molecule has 23 heavy (non-hydrogen) atoms. The Labute approximate surface area is 143 Å². The van der Waals surface area contributed by atoms with Gasteiger partial charge in [-0.1, -0.05) is 17.7 Å². The van der Waals surface area contributed by atoms with Crippen LogP contribution in [-0.2, 0) is 7.05 Å². The number of benzene rings is 1. The van der Waals surface area contributed by atoms with E-state index in [1.54, 1.807) is 6.20 Å². The second-order valence-electron chi connectivity index (χ2n) is 5.93. The van der Waals surface area contributed by atoms with Gasteiger partial charge in [0.05, 0.1) is 0 Å². The topological polar surface area (TPSA) is 50.2 Å². The van der Waals surface area contributed by atoms with Crippen molar-refractivity contribution in [3.8, 4) is 0 Å². The van der Waals surface area contributed by atoms with Gasteiger partial charge in [0.1, 0.15) is 11.9 Å². The summed E-state index contributed by atoms with van der Waals surface area (Å²) in [5.74, 6) is 1.02. The van der Waals surface area contributed by atoms with E-state index in [0.29, 0.717) is 6.54 Å². The second-order valence-corrected chi connectivity index (χ2v) is 5.93. The number of imidazole rings is 1. The van der Waals surface area contributed by atoms with Crippen LogP contribution in [0.3, 0.4) is 0 Å². The van der Waals surface area contributed by atoms with Crippen LogP contribution in [0.4, 0.5) is 0 Å². The fourth-order valence-corrected chi connectivity index (χ4v) is 3.00. The molecule has 0 bridgehead atoms. The number of carbonyl (C=O) groups excluding carboxylic acids is 1. The van der Waals surface area contributed by atoms with Crippen molar-refractivity contribution in [2.24, 2.45) is 7.05 Å². The maximum atomic E-state index is 13.1. The minimum absolute atomic E-state index is 0. The van der Waals surface area contributed by atoms with E-state index in [2.05, 4.69) is 10.3 Å². The van der Waals surface area contributed by atoms with Gasteiger partial charge in [-0.15, -0.1) is 12.4 Å². The fourth-order valence-electron chi connectivity index (χ4n) is 3.00. The number of nitrogens with zero attached hydrogens (tertiary/aromatic N) is 3. The standard InChI is InChI=1S/C17H22N4O.ClH/c1-12-4-5-13(2)14(10-12)17(22)21-9-6-18-11-15(21)16-19-7-8-20(16)3;/h4-5,7-8,10,15,18H,6,9,11H2,1-3H3;1H. The lowest BCUT2D eigenvalue weighted by Crippen LogP contribution is -2.49. The quantitative estimate of drug-likeness (QED) is 0.916. The maximum Gasteiger partial charge on any atom is 0.254 e. The molecule has 1 atom stereocenters. The summed E-state index contributed by atoms with van der Waals surface area (Å²) in [5.41, 5.74) is 2.92. The van der Waals surface area contributed by atoms with E-state index < -0.39 is 0 Å². The zero-order valence-corrected chi connectivity index (χ0v) is 14.6. The molecule has 0 radical (unpaired) electrons. The van der Waals surface area contributed by atoms with Gasteiger partial charge in [-0.3, -0.25) is 4.79 Å². The average molecular weight is 335 g/mol. The number of rotatable bonds is 2. The van der Waals surface area contributed by atoms with Gasteiger partial charge < -0.3 is 14.8 Å². The summed E-state index contributed by atoms with van der Waals surface area (Å²) in [6, 6.07) is 6.01. The van der Waals surface area contributed by atoms with Gasteiger partial charge in [0.15, 0.2) is 0 Å². The highest BCUT2D eigenvalue weighted by Gasteiger charge is 2.31. The van der Waals surface area contributed by atoms with Gasteiger partial charge in [0.2, 0.25) is 0 Å². The predicted molar refractivity (Wildman–Crippen MR) is 93.0 cm³/mol. The van der Waals surface area contributed by atoms with Gasteiger partial charge in [0.25, 0.3) is 5.91 Å². The van der Waals surface area contributed by atoms with Crippen LogP contribution in [0.2, 0.25) is 0 Å². The smallest absolute Gasteiger partial charge is 0.254 e. The summed E-state index contributed by atoms with van der Waals surface area (Å²) in [6.45, 7) is 6.26. The van der Waals surface area contributed by atoms with Crippen molar-refractivity contribution in [3.63, 3.8) is 0 Å². The van der Waals surface area contributed by atoms with Gasteiger partial charge >= 0.3 is 0 Å². The number of amides is 1. The molecule has 1 aliphatic heterocycles. The highest BCUT2D eigenvalue weighted by Crippen LogP contribution is 2.24. The molecule has 1 aromatic carbocycles. The fraction of sp³-hybridized carbons (Fsp3) is 0.412. The molecule has 2 aromatic rings. The van der Waals surface area contributed by atoms with E-state index in [1.807, 2.05) is 54.8 Å². The van der Waals surface area contributed by atoms with E-state index in [4.69, 9.17) is 0 Å². The molecule has 0 spiro atoms. The molecular formula is C17H23ClN4O. The average Bonchev–Trinajstić information content (AvgIpc) is 2.95. The summed E-state index contributed by atoms with van der Waals surface area (Å²) in [7, 11) is 1.97. The molecule has 2 heterocycles. The minimum atomic E-state index is -0.0267. The van der Waals surface area contributed by atoms with Crippen molar-refractivity contribution in [1.82, 2.24) is 19.8 Å². The summed E-state index contributed by atoms with van der Waals surface area (Å²) in [5, 5.41) is 3.37. The van der Waals surface area contributed by atoms with Crippen LogP contribution in [-0.4, -0.2) is 40.0 Å². The Kier molecular flexibility index (Phi) is 5.44. The van der Waals surface area contributed by atoms with Gasteiger partial charge in [0, 0.05) is 44.6 Å². The monoisotopic (exact) mass is 334 g/mol. The van der Waals surface area contributed by atoms with Gasteiger partial charge in [-0.2, -0.15) is 0 Å². The highest BCUT2D eigenvalue weighted by atomic mass is 35.5. The van der Waals surface area contributed by atoms with Crippen molar-refractivity contribution in [3.05, 3.63) is 53.1 Å².